The molecular weight excluding hydrogens is 464 g/mol. The van der Waals surface area contributed by atoms with Gasteiger partial charge in [0.1, 0.15) is 18.7 Å². The Balaban J connectivity index is 1.28. The fourth-order valence-electron chi connectivity index (χ4n) is 4.25. The first kappa shape index (κ1) is 23.0. The van der Waals surface area contributed by atoms with Gasteiger partial charge in [-0.15, -0.1) is 10.2 Å². The number of thioether (sulfide) groups is 1. The highest BCUT2D eigenvalue weighted by Crippen LogP contribution is 2.32. The zero-order chi connectivity index (χ0) is 24.4. The lowest BCUT2D eigenvalue weighted by molar-refractivity contribution is 0.0777. The van der Waals surface area contributed by atoms with E-state index in [1.165, 1.54) is 11.8 Å². The minimum Gasteiger partial charge on any atom is -0.495 e. The third kappa shape index (κ3) is 4.64. The van der Waals surface area contributed by atoms with E-state index in [1.54, 1.807) is 13.4 Å². The van der Waals surface area contributed by atoms with E-state index in [2.05, 4.69) is 14.8 Å². The molecule has 2 aromatic heterocycles. The van der Waals surface area contributed by atoms with E-state index >= 15 is 0 Å². The van der Waals surface area contributed by atoms with Gasteiger partial charge in [0.2, 0.25) is 0 Å². The molecule has 35 heavy (non-hydrogen) atoms. The van der Waals surface area contributed by atoms with Crippen LogP contribution in [-0.4, -0.2) is 50.7 Å². The van der Waals surface area contributed by atoms with Crippen molar-refractivity contribution in [3.63, 3.8) is 0 Å². The number of aryl methyl sites for hydroxylation is 1. The molecule has 0 radical (unpaired) electrons. The number of benzene rings is 2. The number of nitrogens with zero attached hydrogens (tertiary/aromatic N) is 4. The Labute approximate surface area is 207 Å². The lowest BCUT2D eigenvalue weighted by Gasteiger charge is -2.27. The first-order chi connectivity index (χ1) is 17.0. The van der Waals surface area contributed by atoms with Gasteiger partial charge in [-0.2, -0.15) is 0 Å². The lowest BCUT2D eigenvalue weighted by atomic mass is 10.2. The number of ether oxygens (including phenoxy) is 3. The van der Waals surface area contributed by atoms with Crippen LogP contribution < -0.4 is 14.2 Å². The molecule has 4 aromatic rings. The van der Waals surface area contributed by atoms with Gasteiger partial charge in [-0.3, -0.25) is 9.36 Å². The molecule has 0 aliphatic carbocycles. The number of fused-ring (bicyclic) bond motifs is 1. The third-order valence-corrected chi connectivity index (χ3v) is 6.96. The van der Waals surface area contributed by atoms with Gasteiger partial charge >= 0.3 is 0 Å². The Morgan fingerprint density at radius 2 is 1.91 bits per heavy atom. The molecule has 1 aliphatic rings. The number of aromatic nitrogens is 4. The fourth-order valence-corrected chi connectivity index (χ4v) is 5.05. The van der Waals surface area contributed by atoms with Crippen LogP contribution in [0.4, 0.5) is 0 Å². The summed E-state index contributed by atoms with van der Waals surface area (Å²) >= 11 is 1.35. The summed E-state index contributed by atoms with van der Waals surface area (Å²) in [6.07, 6.45) is 1.49. The summed E-state index contributed by atoms with van der Waals surface area (Å²) in [4.78, 5) is 13.2. The molecule has 180 valence electrons. The van der Waals surface area contributed by atoms with Crippen molar-refractivity contribution in [1.29, 1.82) is 0 Å². The van der Waals surface area contributed by atoms with Crippen LogP contribution in [0.15, 0.2) is 66.1 Å². The van der Waals surface area contributed by atoms with Crippen molar-refractivity contribution < 1.29 is 19.0 Å². The average molecular weight is 491 g/mol. The quantitative estimate of drug-likeness (QED) is 0.266. The zero-order valence-corrected chi connectivity index (χ0v) is 20.6. The molecule has 8 nitrogen and oxygen atoms in total. The van der Waals surface area contributed by atoms with E-state index in [9.17, 15) is 4.79 Å². The summed E-state index contributed by atoms with van der Waals surface area (Å²) in [5, 5.41) is 8.87. The molecule has 5 rings (SSSR count). The van der Waals surface area contributed by atoms with Crippen molar-refractivity contribution >= 4 is 17.5 Å². The molecule has 0 unspecified atom stereocenters. The third-order valence-electron chi connectivity index (χ3n) is 6.02. The fraction of sp³-hybridized carbons (Fsp3) is 0.269. The van der Waals surface area contributed by atoms with Gasteiger partial charge in [-0.05, 0) is 44.2 Å². The largest absolute Gasteiger partial charge is 0.495 e. The average Bonchev–Trinajstić information content (AvgIpc) is 3.47. The van der Waals surface area contributed by atoms with Crippen LogP contribution in [0, 0.1) is 13.8 Å². The Bertz CT molecular complexity index is 1360. The highest BCUT2D eigenvalue weighted by molar-refractivity contribution is 7.99. The van der Waals surface area contributed by atoms with Crippen molar-refractivity contribution in [3.05, 3.63) is 77.9 Å². The van der Waals surface area contributed by atoms with Crippen molar-refractivity contribution in [2.75, 3.05) is 19.5 Å². The molecule has 0 fully saturated rings. The van der Waals surface area contributed by atoms with Crippen LogP contribution in [-0.2, 0) is 6.54 Å². The van der Waals surface area contributed by atoms with Crippen LogP contribution >= 0.6 is 11.8 Å². The maximum atomic E-state index is 13.2. The number of hydrogen-bond acceptors (Lipinski definition) is 7. The highest BCUT2D eigenvalue weighted by Gasteiger charge is 2.24. The summed E-state index contributed by atoms with van der Waals surface area (Å²) in [6, 6.07) is 17.3. The van der Waals surface area contributed by atoms with Gasteiger partial charge in [0, 0.05) is 17.0 Å². The van der Waals surface area contributed by atoms with Crippen LogP contribution in [0.25, 0.3) is 5.69 Å². The topological polar surface area (TPSA) is 80.4 Å². The normalized spacial score (nSPS) is 14.7. The van der Waals surface area contributed by atoms with Crippen LogP contribution in [0.2, 0.25) is 0 Å². The highest BCUT2D eigenvalue weighted by atomic mass is 32.2. The zero-order valence-electron chi connectivity index (χ0n) is 19.8. The van der Waals surface area contributed by atoms with Crippen molar-refractivity contribution in [3.8, 4) is 22.9 Å². The van der Waals surface area contributed by atoms with E-state index in [-0.39, 0.29) is 17.6 Å². The second kappa shape index (κ2) is 9.87. The molecule has 2 aromatic carbocycles. The number of hydrogen-bond donors (Lipinski definition) is 0. The number of methoxy groups -OCH3 is 1. The standard InChI is InChI=1S/C26H26N4O4S/c1-17-12-20(18(2)29(17)13-19-14-33-24-10-6-7-11-25(24)34-19)22(31)15-35-26-28-27-16-30(26)21-8-4-5-9-23(21)32-3/h4-12,16,19H,13-15H2,1-3H3/t19-/m1/s1. The summed E-state index contributed by atoms with van der Waals surface area (Å²) in [7, 11) is 1.62. The van der Waals surface area contributed by atoms with E-state index < -0.39 is 0 Å². The molecule has 3 heterocycles. The van der Waals surface area contributed by atoms with E-state index in [4.69, 9.17) is 14.2 Å². The number of ketones is 1. The van der Waals surface area contributed by atoms with Crippen LogP contribution in [0.5, 0.6) is 17.2 Å². The molecule has 0 spiro atoms. The minimum atomic E-state index is -0.133. The van der Waals surface area contributed by atoms with Gasteiger partial charge in [-0.25, -0.2) is 0 Å². The first-order valence-electron chi connectivity index (χ1n) is 11.3. The maximum absolute atomic E-state index is 13.2. The molecule has 0 N–H and O–H groups in total. The number of carbonyl (C=O) groups excluding carboxylic acids is 1. The van der Waals surface area contributed by atoms with Crippen molar-refractivity contribution in [1.82, 2.24) is 19.3 Å². The van der Waals surface area contributed by atoms with Gasteiger partial charge in [-0.1, -0.05) is 36.0 Å². The minimum absolute atomic E-state index is 0.0371. The number of para-hydroxylation sites is 4. The van der Waals surface area contributed by atoms with Crippen molar-refractivity contribution in [2.45, 2.75) is 31.7 Å². The lowest BCUT2D eigenvalue weighted by Crippen LogP contribution is -2.33. The Morgan fingerprint density at radius 1 is 1.14 bits per heavy atom. The van der Waals surface area contributed by atoms with Gasteiger partial charge in [0.05, 0.1) is 25.1 Å². The summed E-state index contributed by atoms with van der Waals surface area (Å²) in [5.41, 5.74) is 3.46. The first-order valence-corrected chi connectivity index (χ1v) is 12.3. The summed E-state index contributed by atoms with van der Waals surface area (Å²) in [5.74, 6) is 2.50. The van der Waals surface area contributed by atoms with Gasteiger partial charge in [0.25, 0.3) is 0 Å². The molecule has 1 atom stereocenters. The Morgan fingerprint density at radius 3 is 2.74 bits per heavy atom. The van der Waals surface area contributed by atoms with Crippen LogP contribution in [0.3, 0.4) is 0 Å². The van der Waals surface area contributed by atoms with Crippen LogP contribution in [0.1, 0.15) is 21.7 Å². The predicted molar refractivity (Wildman–Crippen MR) is 133 cm³/mol. The predicted octanol–water partition coefficient (Wildman–Crippen LogP) is 4.51. The Kier molecular flexibility index (Phi) is 6.50. The van der Waals surface area contributed by atoms with E-state index in [0.717, 1.165) is 28.6 Å². The number of rotatable bonds is 8. The van der Waals surface area contributed by atoms with Gasteiger partial charge in [0.15, 0.2) is 28.5 Å². The molecule has 1 aliphatic heterocycles. The molecule has 0 bridgehead atoms. The monoisotopic (exact) mass is 490 g/mol. The SMILES string of the molecule is COc1ccccc1-n1cnnc1SCC(=O)c1cc(C)n(C[C@@H]2COc3ccccc3O2)c1C. The van der Waals surface area contributed by atoms with E-state index in [0.29, 0.717) is 29.6 Å². The second-order valence-corrected chi connectivity index (χ2v) is 9.20. The molecule has 0 saturated heterocycles. The number of carbonyl (C=O) groups is 1. The van der Waals surface area contributed by atoms with E-state index in [1.807, 2.05) is 73.0 Å². The van der Waals surface area contributed by atoms with Gasteiger partial charge < -0.3 is 18.8 Å². The van der Waals surface area contributed by atoms with Crippen molar-refractivity contribution in [2.24, 2.45) is 0 Å². The maximum Gasteiger partial charge on any atom is 0.196 e. The summed E-state index contributed by atoms with van der Waals surface area (Å²) < 4.78 is 21.4. The summed E-state index contributed by atoms with van der Waals surface area (Å²) in [6.45, 7) is 5.05. The molecule has 9 heteroatoms. The molecule has 0 saturated carbocycles. The number of Topliss-reactive ketones (excluding diaryl/α,β-unsaturated/α-hetero) is 1. The molecule has 0 amide bonds. The molecular formula is C26H26N4O4S. The Hall–Kier alpha value is -3.72. The smallest absolute Gasteiger partial charge is 0.196 e. The second-order valence-electron chi connectivity index (χ2n) is 8.26.